The number of benzene rings is 1. The third-order valence-electron chi connectivity index (χ3n) is 4.01. The molecule has 24 heavy (non-hydrogen) atoms. The molecule has 0 unspecified atom stereocenters. The van der Waals surface area contributed by atoms with Crippen molar-refractivity contribution in [3.05, 3.63) is 23.8 Å². The molecule has 0 spiro atoms. The summed E-state index contributed by atoms with van der Waals surface area (Å²) in [5.41, 5.74) is 1.02. The zero-order valence-electron chi connectivity index (χ0n) is 15.9. The molecule has 0 bridgehead atoms. The average molecular weight is 335 g/mol. The summed E-state index contributed by atoms with van der Waals surface area (Å²) in [5, 5.41) is 3.00. The quantitative estimate of drug-likeness (QED) is 0.612. The monoisotopic (exact) mass is 335 g/mol. The van der Waals surface area contributed by atoms with Crippen molar-refractivity contribution >= 4 is 11.6 Å². The average Bonchev–Trinajstić information content (AvgIpc) is 2.57. The van der Waals surface area contributed by atoms with Gasteiger partial charge >= 0.3 is 0 Å². The van der Waals surface area contributed by atoms with Crippen molar-refractivity contribution in [2.75, 3.05) is 18.5 Å². The number of carbonyl (C=O) groups excluding carboxylic acids is 1. The molecule has 1 aromatic carbocycles. The summed E-state index contributed by atoms with van der Waals surface area (Å²) in [6.07, 6.45) is 4.61. The van der Waals surface area contributed by atoms with Crippen LogP contribution in [0.3, 0.4) is 0 Å². The van der Waals surface area contributed by atoms with E-state index in [4.69, 9.17) is 9.47 Å². The van der Waals surface area contributed by atoms with Crippen molar-refractivity contribution in [1.29, 1.82) is 0 Å². The van der Waals surface area contributed by atoms with Crippen molar-refractivity contribution in [3.8, 4) is 5.75 Å². The van der Waals surface area contributed by atoms with Crippen molar-refractivity contribution < 1.29 is 14.3 Å². The minimum absolute atomic E-state index is 0.0778. The smallest absolute Gasteiger partial charge is 0.256 e. The van der Waals surface area contributed by atoms with Crippen LogP contribution < -0.4 is 10.1 Å². The molecule has 0 heterocycles. The molecule has 0 aliphatic rings. The van der Waals surface area contributed by atoms with E-state index >= 15 is 0 Å². The first kappa shape index (κ1) is 20.5. The van der Waals surface area contributed by atoms with E-state index in [0.717, 1.165) is 49.1 Å². The van der Waals surface area contributed by atoms with Crippen LogP contribution in [0.1, 0.15) is 65.4 Å². The molecule has 1 amide bonds. The Morgan fingerprint density at radius 2 is 1.83 bits per heavy atom. The van der Waals surface area contributed by atoms with Gasteiger partial charge in [-0.15, -0.1) is 0 Å². The zero-order chi connectivity index (χ0) is 18.0. The molecule has 4 nitrogen and oxygen atoms in total. The van der Waals surface area contributed by atoms with E-state index in [9.17, 15) is 4.79 Å². The fourth-order valence-corrected chi connectivity index (χ4v) is 2.46. The number of hydrogen-bond donors (Lipinski definition) is 1. The number of aryl methyl sites for hydroxylation is 1. The van der Waals surface area contributed by atoms with Crippen LogP contribution in [-0.4, -0.2) is 24.7 Å². The molecule has 1 rings (SSSR count). The highest BCUT2D eigenvalue weighted by Crippen LogP contribution is 2.25. The molecule has 0 fully saturated rings. The number of nitrogens with one attached hydrogen (secondary N) is 1. The van der Waals surface area contributed by atoms with Crippen LogP contribution in [0.4, 0.5) is 5.69 Å². The van der Waals surface area contributed by atoms with E-state index in [0.29, 0.717) is 13.2 Å². The maximum atomic E-state index is 12.7. The number of ether oxygens (including phenoxy) is 2. The second-order valence-corrected chi connectivity index (χ2v) is 6.47. The Morgan fingerprint density at radius 1 is 1.12 bits per heavy atom. The first-order chi connectivity index (χ1) is 11.5. The summed E-state index contributed by atoms with van der Waals surface area (Å²) in [5.74, 6) is 0.789. The minimum atomic E-state index is -0.780. The lowest BCUT2D eigenvalue weighted by atomic mass is 9.97. The molecule has 4 heteroatoms. The molecule has 0 aliphatic carbocycles. The molecule has 136 valence electrons. The van der Waals surface area contributed by atoms with Gasteiger partial charge < -0.3 is 14.8 Å². The molecule has 1 atom stereocenters. The summed E-state index contributed by atoms with van der Waals surface area (Å²) < 4.78 is 11.6. The lowest BCUT2D eigenvalue weighted by Gasteiger charge is -2.28. The largest absolute Gasteiger partial charge is 0.493 e. The summed E-state index contributed by atoms with van der Waals surface area (Å²) in [6.45, 7) is 11.4. The molecule has 1 aromatic rings. The molecule has 0 saturated heterocycles. The van der Waals surface area contributed by atoms with E-state index in [2.05, 4.69) is 26.1 Å². The second-order valence-electron chi connectivity index (χ2n) is 6.47. The van der Waals surface area contributed by atoms with Gasteiger partial charge in [0.1, 0.15) is 11.4 Å². The number of hydrogen-bond acceptors (Lipinski definition) is 3. The van der Waals surface area contributed by atoms with Gasteiger partial charge in [-0.3, -0.25) is 4.79 Å². The van der Waals surface area contributed by atoms with Crippen LogP contribution in [0.15, 0.2) is 18.2 Å². The van der Waals surface area contributed by atoms with Crippen LogP contribution in [0.25, 0.3) is 0 Å². The molecular weight excluding hydrogens is 302 g/mol. The van der Waals surface area contributed by atoms with Gasteiger partial charge in [0.15, 0.2) is 0 Å². The van der Waals surface area contributed by atoms with Gasteiger partial charge in [0.05, 0.1) is 6.61 Å². The van der Waals surface area contributed by atoms with Gasteiger partial charge in [-0.05, 0) is 56.9 Å². The Bertz CT molecular complexity index is 506. The van der Waals surface area contributed by atoms with Crippen LogP contribution in [0.5, 0.6) is 5.75 Å². The third kappa shape index (κ3) is 6.16. The topological polar surface area (TPSA) is 47.6 Å². The predicted octanol–water partition coefficient (Wildman–Crippen LogP) is 5.10. The lowest BCUT2D eigenvalue weighted by Crippen LogP contribution is -2.43. The van der Waals surface area contributed by atoms with Gasteiger partial charge in [-0.2, -0.15) is 0 Å². The normalized spacial score (nSPS) is 13.4. The van der Waals surface area contributed by atoms with Crippen molar-refractivity contribution in [2.45, 2.75) is 72.3 Å². The summed E-state index contributed by atoms with van der Waals surface area (Å²) >= 11 is 0. The minimum Gasteiger partial charge on any atom is -0.493 e. The summed E-state index contributed by atoms with van der Waals surface area (Å²) in [6, 6.07) is 5.75. The molecule has 0 saturated carbocycles. The van der Waals surface area contributed by atoms with E-state index < -0.39 is 5.60 Å². The van der Waals surface area contributed by atoms with Crippen LogP contribution in [-0.2, 0) is 9.53 Å². The Hall–Kier alpha value is -1.55. The highest BCUT2D eigenvalue weighted by Gasteiger charge is 2.33. The Kier molecular flexibility index (Phi) is 8.83. The van der Waals surface area contributed by atoms with Crippen LogP contribution in [0, 0.1) is 6.92 Å². The first-order valence-electron chi connectivity index (χ1n) is 9.15. The van der Waals surface area contributed by atoms with Crippen molar-refractivity contribution in [1.82, 2.24) is 0 Å². The van der Waals surface area contributed by atoms with Crippen LogP contribution >= 0.6 is 0 Å². The SMILES string of the molecule is CCCC[C@](C)(OCCC)C(=O)Nc1ccc(OCCC)c(C)c1. The highest BCUT2D eigenvalue weighted by atomic mass is 16.5. The Morgan fingerprint density at radius 3 is 2.42 bits per heavy atom. The molecular formula is C20H33NO3. The first-order valence-corrected chi connectivity index (χ1v) is 9.15. The predicted molar refractivity (Wildman–Crippen MR) is 99.8 cm³/mol. The Labute approximate surface area is 146 Å². The highest BCUT2D eigenvalue weighted by molar-refractivity contribution is 5.97. The maximum Gasteiger partial charge on any atom is 0.256 e. The standard InChI is InChI=1S/C20H33NO3/c1-6-9-12-20(5,24-14-8-3)19(22)21-17-10-11-18(16(4)15-17)23-13-7-2/h10-11,15H,6-9,12-14H2,1-5H3,(H,21,22)/t20-/m0/s1. The number of amides is 1. The molecule has 1 N–H and O–H groups in total. The third-order valence-corrected chi connectivity index (χ3v) is 4.01. The Balaban J connectivity index is 2.80. The zero-order valence-corrected chi connectivity index (χ0v) is 15.9. The number of anilines is 1. The van der Waals surface area contributed by atoms with E-state index in [-0.39, 0.29) is 5.91 Å². The van der Waals surface area contributed by atoms with Crippen molar-refractivity contribution in [3.63, 3.8) is 0 Å². The number of carbonyl (C=O) groups is 1. The van der Waals surface area contributed by atoms with Gasteiger partial charge in [0.25, 0.3) is 5.91 Å². The van der Waals surface area contributed by atoms with Gasteiger partial charge in [-0.25, -0.2) is 0 Å². The summed E-state index contributed by atoms with van der Waals surface area (Å²) in [7, 11) is 0. The molecule has 0 aliphatic heterocycles. The van der Waals surface area contributed by atoms with E-state index in [1.165, 1.54) is 0 Å². The lowest BCUT2D eigenvalue weighted by molar-refractivity contribution is -0.140. The maximum absolute atomic E-state index is 12.7. The number of unbranched alkanes of at least 4 members (excludes halogenated alkanes) is 1. The van der Waals surface area contributed by atoms with E-state index in [1.807, 2.05) is 32.0 Å². The fraction of sp³-hybridized carbons (Fsp3) is 0.650. The van der Waals surface area contributed by atoms with Gasteiger partial charge in [-0.1, -0.05) is 33.6 Å². The van der Waals surface area contributed by atoms with Gasteiger partial charge in [0.2, 0.25) is 0 Å². The second kappa shape index (κ2) is 10.3. The van der Waals surface area contributed by atoms with Crippen molar-refractivity contribution in [2.24, 2.45) is 0 Å². The number of rotatable bonds is 11. The van der Waals surface area contributed by atoms with E-state index in [1.54, 1.807) is 0 Å². The van der Waals surface area contributed by atoms with Crippen LogP contribution in [0.2, 0.25) is 0 Å². The van der Waals surface area contributed by atoms with Gasteiger partial charge in [0, 0.05) is 12.3 Å². The molecule has 0 radical (unpaired) electrons. The summed E-state index contributed by atoms with van der Waals surface area (Å²) in [4.78, 5) is 12.7. The fourth-order valence-electron chi connectivity index (χ4n) is 2.46. The molecule has 0 aromatic heterocycles.